The zero-order chi connectivity index (χ0) is 24.1. The quantitative estimate of drug-likeness (QED) is 0.503. The number of halogens is 1. The van der Waals surface area contributed by atoms with Crippen LogP contribution in [0.25, 0.3) is 6.08 Å². The average Bonchev–Trinajstić information content (AvgIpc) is 3.22. The number of carbonyl (C=O) groups is 2. The molecule has 0 aliphatic carbocycles. The van der Waals surface area contributed by atoms with Crippen LogP contribution in [0, 0.1) is 5.82 Å². The molecule has 0 saturated carbocycles. The van der Waals surface area contributed by atoms with Gasteiger partial charge in [-0.05, 0) is 36.8 Å². The number of piperazine rings is 1. The summed E-state index contributed by atoms with van der Waals surface area (Å²) in [4.78, 5) is 30.5. The molecule has 2 amide bonds. The van der Waals surface area contributed by atoms with Gasteiger partial charge < -0.3 is 19.9 Å². The van der Waals surface area contributed by atoms with Crippen LogP contribution in [-0.4, -0.2) is 67.3 Å². The molecule has 1 atom stereocenters. The topological polar surface area (TPSA) is 65.1 Å². The molecule has 2 saturated heterocycles. The Labute approximate surface area is 203 Å². The Morgan fingerprint density at radius 3 is 2.59 bits per heavy atom. The molecule has 2 aromatic carbocycles. The lowest BCUT2D eigenvalue weighted by Gasteiger charge is -2.36. The lowest BCUT2D eigenvalue weighted by Crippen LogP contribution is -2.48. The summed E-state index contributed by atoms with van der Waals surface area (Å²) in [5.41, 5.74) is 1.88. The fourth-order valence-corrected chi connectivity index (χ4v) is 4.10. The third-order valence-corrected chi connectivity index (χ3v) is 5.99. The van der Waals surface area contributed by atoms with E-state index in [9.17, 15) is 14.0 Å². The summed E-state index contributed by atoms with van der Waals surface area (Å²) in [6.07, 6.45) is 2.52. The molecule has 2 aliphatic rings. The van der Waals surface area contributed by atoms with E-state index < -0.39 is 11.9 Å². The number of benzene rings is 2. The van der Waals surface area contributed by atoms with Gasteiger partial charge >= 0.3 is 6.09 Å². The van der Waals surface area contributed by atoms with Gasteiger partial charge in [-0.3, -0.25) is 9.69 Å². The van der Waals surface area contributed by atoms with Crippen molar-refractivity contribution >= 4 is 46.7 Å². The van der Waals surface area contributed by atoms with Crippen LogP contribution in [0.1, 0.15) is 12.5 Å². The van der Waals surface area contributed by atoms with E-state index in [1.165, 1.54) is 11.0 Å². The van der Waals surface area contributed by atoms with Crippen molar-refractivity contribution < 1.29 is 18.7 Å². The summed E-state index contributed by atoms with van der Waals surface area (Å²) in [5, 5.41) is 2.99. The summed E-state index contributed by atoms with van der Waals surface area (Å²) in [6, 6.07) is 14.4. The maximum Gasteiger partial charge on any atom is 0.414 e. The molecule has 0 radical (unpaired) electrons. The average molecular weight is 483 g/mol. The molecule has 0 aromatic heterocycles. The fourth-order valence-electron chi connectivity index (χ4n) is 4.02. The number of nitrogens with one attached hydrogen (secondary N) is 1. The molecule has 7 nitrogen and oxygen atoms in total. The lowest BCUT2D eigenvalue weighted by atomic mass is 10.2. The number of carbonyl (C=O) groups excluding carboxylic acids is 2. The molecule has 0 bridgehead atoms. The number of anilines is 2. The standard InChI is InChI=1S/C25H27FN4O3S/c1-18(34)27-16-21-17-30(25(32)33-21)20-8-9-23(22(26)15-20)28-11-13-29(14-12-28)24(31)10-7-19-5-3-2-4-6-19/h2-10,15,21H,11-14,16-17H2,1H3,(H,27,34)/b10-7+/t21-/m0/s1. The third kappa shape index (κ3) is 5.72. The van der Waals surface area contributed by atoms with Crippen molar-refractivity contribution in [2.45, 2.75) is 13.0 Å². The van der Waals surface area contributed by atoms with Crippen molar-refractivity contribution in [1.82, 2.24) is 10.2 Å². The molecule has 0 spiro atoms. The van der Waals surface area contributed by atoms with E-state index in [0.717, 1.165) is 5.56 Å². The highest BCUT2D eigenvalue weighted by molar-refractivity contribution is 7.80. The van der Waals surface area contributed by atoms with E-state index in [0.29, 0.717) is 55.6 Å². The van der Waals surface area contributed by atoms with Gasteiger partial charge in [-0.1, -0.05) is 42.5 Å². The van der Waals surface area contributed by atoms with Gasteiger partial charge in [-0.2, -0.15) is 0 Å². The van der Waals surface area contributed by atoms with Gasteiger partial charge in [0.2, 0.25) is 5.91 Å². The number of nitrogens with zero attached hydrogens (tertiary/aromatic N) is 3. The zero-order valence-corrected chi connectivity index (χ0v) is 19.8. The summed E-state index contributed by atoms with van der Waals surface area (Å²) < 4.78 is 20.3. The molecule has 2 fully saturated rings. The van der Waals surface area contributed by atoms with E-state index in [1.807, 2.05) is 35.2 Å². The van der Waals surface area contributed by atoms with Crippen molar-refractivity contribution in [1.29, 1.82) is 0 Å². The van der Waals surface area contributed by atoms with E-state index in [1.54, 1.807) is 36.1 Å². The number of thiocarbonyl (C=S) groups is 1. The highest BCUT2D eigenvalue weighted by atomic mass is 32.1. The Kier molecular flexibility index (Phi) is 7.42. The molecule has 2 heterocycles. The van der Waals surface area contributed by atoms with Gasteiger partial charge in [0, 0.05) is 32.3 Å². The van der Waals surface area contributed by atoms with Crippen LogP contribution in [0.15, 0.2) is 54.6 Å². The van der Waals surface area contributed by atoms with Gasteiger partial charge in [-0.15, -0.1) is 0 Å². The monoisotopic (exact) mass is 482 g/mol. The molecule has 2 aromatic rings. The highest BCUT2D eigenvalue weighted by Gasteiger charge is 2.33. The van der Waals surface area contributed by atoms with Gasteiger partial charge in [0.25, 0.3) is 0 Å². The summed E-state index contributed by atoms with van der Waals surface area (Å²) in [7, 11) is 0. The smallest absolute Gasteiger partial charge is 0.414 e. The second kappa shape index (κ2) is 10.6. The molecule has 1 N–H and O–H groups in total. The molecular formula is C25H27FN4O3S. The Bertz CT molecular complexity index is 1090. The predicted molar refractivity (Wildman–Crippen MR) is 135 cm³/mol. The first kappa shape index (κ1) is 23.7. The van der Waals surface area contributed by atoms with Crippen LogP contribution >= 0.6 is 12.2 Å². The first-order chi connectivity index (χ1) is 16.4. The maximum atomic E-state index is 15.0. The highest BCUT2D eigenvalue weighted by Crippen LogP contribution is 2.28. The Hall–Kier alpha value is -3.46. The van der Waals surface area contributed by atoms with Crippen molar-refractivity contribution in [2.75, 3.05) is 49.1 Å². The molecule has 9 heteroatoms. The fraction of sp³-hybridized carbons (Fsp3) is 0.320. The Morgan fingerprint density at radius 2 is 1.91 bits per heavy atom. The number of hydrogen-bond donors (Lipinski definition) is 1. The van der Waals surface area contributed by atoms with Crippen molar-refractivity contribution in [2.24, 2.45) is 0 Å². The van der Waals surface area contributed by atoms with Crippen molar-refractivity contribution in [3.8, 4) is 0 Å². The molecule has 4 rings (SSSR count). The Morgan fingerprint density at radius 1 is 1.18 bits per heavy atom. The minimum absolute atomic E-state index is 0.0558. The van der Waals surface area contributed by atoms with Crippen LogP contribution in [-0.2, 0) is 9.53 Å². The van der Waals surface area contributed by atoms with Crippen LogP contribution in [0.4, 0.5) is 20.6 Å². The first-order valence-electron chi connectivity index (χ1n) is 11.2. The second-order valence-electron chi connectivity index (χ2n) is 8.25. The van der Waals surface area contributed by atoms with E-state index >= 15 is 0 Å². The van der Waals surface area contributed by atoms with E-state index in [-0.39, 0.29) is 12.0 Å². The normalized spacial score (nSPS) is 18.4. The van der Waals surface area contributed by atoms with E-state index in [4.69, 9.17) is 17.0 Å². The zero-order valence-electron chi connectivity index (χ0n) is 18.9. The van der Waals surface area contributed by atoms with Gasteiger partial charge in [0.05, 0.1) is 29.5 Å². The van der Waals surface area contributed by atoms with Gasteiger partial charge in [0.1, 0.15) is 11.9 Å². The second-order valence-corrected chi connectivity index (χ2v) is 8.86. The minimum atomic E-state index is -0.503. The van der Waals surface area contributed by atoms with Crippen molar-refractivity contribution in [3.63, 3.8) is 0 Å². The molecule has 0 unspecified atom stereocenters. The van der Waals surface area contributed by atoms with Crippen molar-refractivity contribution in [3.05, 3.63) is 66.0 Å². The SMILES string of the molecule is CC(=S)NC[C@H]1CN(c2ccc(N3CCN(C(=O)/C=C/c4ccccc4)CC3)c(F)c2)C(=O)O1. The molecule has 2 aliphatic heterocycles. The van der Waals surface area contributed by atoms with Gasteiger partial charge in [0.15, 0.2) is 0 Å². The Balaban J connectivity index is 1.33. The van der Waals surface area contributed by atoms with Crippen LogP contribution in [0.5, 0.6) is 0 Å². The largest absolute Gasteiger partial charge is 0.442 e. The number of ether oxygens (including phenoxy) is 1. The first-order valence-corrected chi connectivity index (χ1v) is 11.6. The molecule has 178 valence electrons. The minimum Gasteiger partial charge on any atom is -0.442 e. The lowest BCUT2D eigenvalue weighted by molar-refractivity contribution is -0.126. The van der Waals surface area contributed by atoms with E-state index in [2.05, 4.69) is 5.32 Å². The number of cyclic esters (lactones) is 1. The van der Waals surface area contributed by atoms with Crippen LogP contribution in [0.2, 0.25) is 0 Å². The predicted octanol–water partition coefficient (Wildman–Crippen LogP) is 3.45. The number of hydrogen-bond acceptors (Lipinski definition) is 5. The van der Waals surface area contributed by atoms with Crippen LogP contribution < -0.4 is 15.1 Å². The maximum absolute atomic E-state index is 15.0. The third-order valence-electron chi connectivity index (χ3n) is 5.85. The number of amides is 2. The summed E-state index contributed by atoms with van der Waals surface area (Å²) in [5.74, 6) is -0.467. The molecule has 34 heavy (non-hydrogen) atoms. The molecular weight excluding hydrogens is 455 g/mol. The summed E-state index contributed by atoms with van der Waals surface area (Å²) >= 11 is 4.99. The number of rotatable bonds is 6. The van der Waals surface area contributed by atoms with Gasteiger partial charge in [-0.25, -0.2) is 9.18 Å². The van der Waals surface area contributed by atoms with Crippen LogP contribution in [0.3, 0.4) is 0 Å². The summed E-state index contributed by atoms with van der Waals surface area (Å²) in [6.45, 7) is 4.56.